The molecule has 1 aliphatic heterocycles. The number of hydrogen-bond donors (Lipinski definition) is 1. The minimum atomic E-state index is -0.0132. The maximum Gasteiger partial charge on any atom is 0.251 e. The number of furan rings is 1. The summed E-state index contributed by atoms with van der Waals surface area (Å²) in [5, 5.41) is 4.15. The summed E-state index contributed by atoms with van der Waals surface area (Å²) in [5.74, 6) is 0.815. The van der Waals surface area contributed by atoms with Crippen molar-refractivity contribution in [1.29, 1.82) is 0 Å². The van der Waals surface area contributed by atoms with Crippen LogP contribution in [0.2, 0.25) is 0 Å². The summed E-state index contributed by atoms with van der Waals surface area (Å²) >= 11 is 0. The van der Waals surface area contributed by atoms with Gasteiger partial charge in [-0.25, -0.2) is 9.97 Å². The van der Waals surface area contributed by atoms with E-state index in [2.05, 4.69) is 20.2 Å². The number of carbonyl (C=O) groups is 1. The zero-order valence-electron chi connectivity index (χ0n) is 15.3. The van der Waals surface area contributed by atoms with Gasteiger partial charge in [0.1, 0.15) is 17.4 Å². The van der Waals surface area contributed by atoms with E-state index in [1.165, 1.54) is 0 Å². The molecule has 140 valence electrons. The normalized spacial score (nSPS) is 15.2. The Morgan fingerprint density at radius 3 is 2.57 bits per heavy atom. The van der Waals surface area contributed by atoms with Crippen LogP contribution in [0, 0.1) is 0 Å². The number of hydrogen-bond acceptors (Lipinski definition) is 5. The molecule has 0 aliphatic carbocycles. The van der Waals surface area contributed by atoms with Crippen LogP contribution in [0.3, 0.4) is 0 Å². The first-order valence-electron chi connectivity index (χ1n) is 9.53. The number of carbonyl (C=O) groups excluding carboxylic acids is 1. The number of rotatable bonds is 3. The molecule has 1 aliphatic rings. The fraction of sp³-hybridized carbons (Fsp3) is 0.227. The molecule has 1 saturated heterocycles. The zero-order chi connectivity index (χ0) is 18.9. The van der Waals surface area contributed by atoms with Gasteiger partial charge in [-0.05, 0) is 37.1 Å². The highest BCUT2D eigenvalue weighted by molar-refractivity contribution is 6.05. The Morgan fingerprint density at radius 1 is 1.00 bits per heavy atom. The predicted octanol–water partition coefficient (Wildman–Crippen LogP) is 3.77. The molecule has 1 N–H and O–H groups in total. The largest absolute Gasteiger partial charge is 0.450 e. The molecule has 0 saturated carbocycles. The second kappa shape index (κ2) is 6.96. The van der Waals surface area contributed by atoms with Crippen molar-refractivity contribution in [2.24, 2.45) is 0 Å². The van der Waals surface area contributed by atoms with E-state index in [9.17, 15) is 4.79 Å². The van der Waals surface area contributed by atoms with Crippen LogP contribution >= 0.6 is 0 Å². The summed E-state index contributed by atoms with van der Waals surface area (Å²) in [4.78, 5) is 23.5. The molecule has 2 aromatic carbocycles. The number of aromatic nitrogens is 2. The molecule has 28 heavy (non-hydrogen) atoms. The Hall–Kier alpha value is -3.41. The van der Waals surface area contributed by atoms with Crippen LogP contribution < -0.4 is 10.2 Å². The third kappa shape index (κ3) is 2.97. The summed E-state index contributed by atoms with van der Waals surface area (Å²) in [7, 11) is 0. The van der Waals surface area contributed by atoms with Crippen molar-refractivity contribution in [2.75, 3.05) is 18.0 Å². The molecule has 0 radical (unpaired) electrons. The van der Waals surface area contributed by atoms with Gasteiger partial charge in [-0.15, -0.1) is 0 Å². The molecule has 3 heterocycles. The third-order valence-electron chi connectivity index (χ3n) is 5.30. The van der Waals surface area contributed by atoms with Gasteiger partial charge in [-0.2, -0.15) is 0 Å². The Balaban J connectivity index is 1.32. The topological polar surface area (TPSA) is 71.3 Å². The van der Waals surface area contributed by atoms with Crippen LogP contribution in [0.1, 0.15) is 23.2 Å². The summed E-state index contributed by atoms with van der Waals surface area (Å²) < 4.78 is 6.05. The summed E-state index contributed by atoms with van der Waals surface area (Å²) in [5.41, 5.74) is 3.10. The van der Waals surface area contributed by atoms with Gasteiger partial charge in [0.25, 0.3) is 5.91 Å². The fourth-order valence-electron chi connectivity index (χ4n) is 3.83. The van der Waals surface area contributed by atoms with Crippen molar-refractivity contribution in [3.05, 3.63) is 66.5 Å². The molecule has 0 spiro atoms. The lowest BCUT2D eigenvalue weighted by atomic mass is 10.0. The van der Waals surface area contributed by atoms with E-state index in [4.69, 9.17) is 4.42 Å². The molecule has 2 aromatic heterocycles. The van der Waals surface area contributed by atoms with Crippen LogP contribution in [0.5, 0.6) is 0 Å². The Bertz CT molecular complexity index is 1130. The lowest BCUT2D eigenvalue weighted by molar-refractivity contribution is 0.0931. The van der Waals surface area contributed by atoms with Crippen molar-refractivity contribution < 1.29 is 9.21 Å². The number of anilines is 1. The van der Waals surface area contributed by atoms with Crippen molar-refractivity contribution in [2.45, 2.75) is 18.9 Å². The van der Waals surface area contributed by atoms with Crippen LogP contribution in [-0.4, -0.2) is 35.0 Å². The molecule has 1 amide bonds. The number of fused-ring (bicyclic) bond motifs is 3. The number of para-hydroxylation sites is 1. The summed E-state index contributed by atoms with van der Waals surface area (Å²) in [6.45, 7) is 1.62. The van der Waals surface area contributed by atoms with E-state index < -0.39 is 0 Å². The summed E-state index contributed by atoms with van der Waals surface area (Å²) in [6, 6.07) is 17.4. The first kappa shape index (κ1) is 16.7. The van der Waals surface area contributed by atoms with Gasteiger partial charge in [0.05, 0.1) is 0 Å². The van der Waals surface area contributed by atoms with E-state index in [-0.39, 0.29) is 11.9 Å². The molecule has 0 unspecified atom stereocenters. The van der Waals surface area contributed by atoms with Gasteiger partial charge in [-0.3, -0.25) is 4.79 Å². The smallest absolute Gasteiger partial charge is 0.251 e. The lowest BCUT2D eigenvalue weighted by Crippen LogP contribution is -2.45. The van der Waals surface area contributed by atoms with Crippen molar-refractivity contribution >= 4 is 33.8 Å². The fourth-order valence-corrected chi connectivity index (χ4v) is 3.83. The van der Waals surface area contributed by atoms with Gasteiger partial charge in [0.2, 0.25) is 0 Å². The van der Waals surface area contributed by atoms with E-state index in [1.807, 2.05) is 54.6 Å². The molecular weight excluding hydrogens is 352 g/mol. The van der Waals surface area contributed by atoms with Crippen LogP contribution in [0.15, 0.2) is 65.3 Å². The highest BCUT2D eigenvalue weighted by atomic mass is 16.3. The van der Waals surface area contributed by atoms with E-state index in [0.29, 0.717) is 5.56 Å². The van der Waals surface area contributed by atoms with Crippen molar-refractivity contribution in [3.8, 4) is 0 Å². The Labute approximate surface area is 162 Å². The maximum atomic E-state index is 12.4. The monoisotopic (exact) mass is 372 g/mol. The number of piperidine rings is 1. The van der Waals surface area contributed by atoms with E-state index in [1.54, 1.807) is 6.33 Å². The number of amides is 1. The minimum Gasteiger partial charge on any atom is -0.450 e. The molecule has 4 aromatic rings. The average molecular weight is 372 g/mol. The highest BCUT2D eigenvalue weighted by Gasteiger charge is 2.25. The van der Waals surface area contributed by atoms with Crippen molar-refractivity contribution in [3.63, 3.8) is 0 Å². The maximum absolute atomic E-state index is 12.4. The van der Waals surface area contributed by atoms with Crippen LogP contribution in [0.4, 0.5) is 5.82 Å². The van der Waals surface area contributed by atoms with Crippen molar-refractivity contribution in [1.82, 2.24) is 15.3 Å². The second-order valence-electron chi connectivity index (χ2n) is 7.07. The zero-order valence-corrected chi connectivity index (χ0v) is 15.3. The van der Waals surface area contributed by atoms with Gasteiger partial charge >= 0.3 is 0 Å². The Morgan fingerprint density at radius 2 is 1.75 bits per heavy atom. The SMILES string of the molecule is O=C(NC1CCN(c2ncnc3c2oc2ccccc23)CC1)c1ccccc1. The predicted molar refractivity (Wildman–Crippen MR) is 108 cm³/mol. The third-order valence-corrected chi connectivity index (χ3v) is 5.30. The molecule has 1 fully saturated rings. The van der Waals surface area contributed by atoms with Gasteiger partial charge < -0.3 is 14.6 Å². The quantitative estimate of drug-likeness (QED) is 0.593. The molecular formula is C22H20N4O2. The van der Waals surface area contributed by atoms with Crippen LogP contribution in [0.25, 0.3) is 22.1 Å². The molecule has 5 rings (SSSR count). The van der Waals surface area contributed by atoms with Gasteiger partial charge in [-0.1, -0.05) is 30.3 Å². The first-order valence-corrected chi connectivity index (χ1v) is 9.53. The number of nitrogens with zero attached hydrogens (tertiary/aromatic N) is 3. The second-order valence-corrected chi connectivity index (χ2v) is 7.07. The Kier molecular flexibility index (Phi) is 4.16. The standard InChI is InChI=1S/C22H20N4O2/c27-22(15-6-2-1-3-7-15)25-16-10-12-26(13-11-16)21-20-19(23-14-24-21)17-8-4-5-9-18(17)28-20/h1-9,14,16H,10-13H2,(H,25,27). The molecule has 6 heteroatoms. The number of nitrogens with one attached hydrogen (secondary N) is 1. The molecule has 0 atom stereocenters. The minimum absolute atomic E-state index is 0.0132. The first-order chi connectivity index (χ1) is 13.8. The van der Waals surface area contributed by atoms with E-state index in [0.717, 1.165) is 53.8 Å². The lowest BCUT2D eigenvalue weighted by Gasteiger charge is -2.33. The summed E-state index contributed by atoms with van der Waals surface area (Å²) in [6.07, 6.45) is 3.33. The molecule has 0 bridgehead atoms. The number of benzene rings is 2. The van der Waals surface area contributed by atoms with Crippen LogP contribution in [-0.2, 0) is 0 Å². The van der Waals surface area contributed by atoms with Gasteiger partial charge in [0.15, 0.2) is 11.4 Å². The average Bonchev–Trinajstić information content (AvgIpc) is 3.14. The highest BCUT2D eigenvalue weighted by Crippen LogP contribution is 2.33. The van der Waals surface area contributed by atoms with Gasteiger partial charge in [0, 0.05) is 30.1 Å². The molecule has 6 nitrogen and oxygen atoms in total. The van der Waals surface area contributed by atoms with E-state index >= 15 is 0 Å².